The van der Waals surface area contributed by atoms with Gasteiger partial charge in [0.25, 0.3) is 0 Å². The van der Waals surface area contributed by atoms with Gasteiger partial charge in [-0.2, -0.15) is 0 Å². The fourth-order valence-corrected chi connectivity index (χ4v) is 4.42. The summed E-state index contributed by atoms with van der Waals surface area (Å²) in [5.41, 5.74) is 5.10. The number of anilines is 1. The fraction of sp³-hybridized carbons (Fsp3) is 0.235. The Hall–Kier alpha value is -2.50. The van der Waals surface area contributed by atoms with Gasteiger partial charge in [-0.25, -0.2) is 14.8 Å². The number of hydrogen-bond acceptors (Lipinski definition) is 10. The van der Waals surface area contributed by atoms with Crippen molar-refractivity contribution < 1.29 is 19.5 Å². The zero-order chi connectivity index (χ0) is 20.3. The molecule has 0 spiro atoms. The summed E-state index contributed by atoms with van der Waals surface area (Å²) in [4.78, 5) is 37.6. The quantitative estimate of drug-likeness (QED) is 0.313. The summed E-state index contributed by atoms with van der Waals surface area (Å²) in [5.74, 6) is -1.52. The number of carboxylic acid groups (broad SMARTS) is 1. The number of carbonyl (C=O) groups excluding carboxylic acids is 1. The number of oxime groups is 1. The molecule has 0 aliphatic carbocycles. The minimum Gasteiger partial charge on any atom is -0.478 e. The first-order chi connectivity index (χ1) is 13.3. The lowest BCUT2D eigenvalue weighted by molar-refractivity contribution is -0.161. The number of benzene rings is 1. The Morgan fingerprint density at radius 3 is 2.71 bits per heavy atom. The van der Waals surface area contributed by atoms with Gasteiger partial charge < -0.3 is 15.7 Å². The molecule has 146 valence electrons. The normalized spacial score (nSPS) is 12.3. The second kappa shape index (κ2) is 8.25. The number of nitrogens with two attached hydrogens (primary N) is 1. The number of carboxylic acids is 1. The maximum Gasteiger partial charge on any atom is 0.350 e. The molecule has 0 saturated carbocycles. The largest absolute Gasteiger partial charge is 0.478 e. The third-order valence-electron chi connectivity index (χ3n) is 3.51. The van der Waals surface area contributed by atoms with Crippen LogP contribution in [0.3, 0.4) is 0 Å². The predicted octanol–water partition coefficient (Wildman–Crippen LogP) is 3.28. The van der Waals surface area contributed by atoms with E-state index in [0.717, 1.165) is 25.9 Å². The maximum absolute atomic E-state index is 12.7. The molecule has 8 nitrogen and oxygen atoms in total. The van der Waals surface area contributed by atoms with Crippen LogP contribution in [0, 0.1) is 0 Å². The molecule has 28 heavy (non-hydrogen) atoms. The number of nitrogens with zero attached hydrogens (tertiary/aromatic N) is 3. The summed E-state index contributed by atoms with van der Waals surface area (Å²) in [6.45, 7) is 2.68. The smallest absolute Gasteiger partial charge is 0.350 e. The molecule has 11 heteroatoms. The number of aliphatic carboxylic acids is 1. The molecule has 3 aromatic rings. The lowest BCUT2D eigenvalue weighted by Gasteiger charge is -2.16. The van der Waals surface area contributed by atoms with Gasteiger partial charge in [0.05, 0.1) is 16.0 Å². The predicted molar refractivity (Wildman–Crippen MR) is 111 cm³/mol. The van der Waals surface area contributed by atoms with Crippen LogP contribution >= 0.6 is 34.4 Å². The highest BCUT2D eigenvalue weighted by molar-refractivity contribution is 8.01. The van der Waals surface area contributed by atoms with Crippen LogP contribution in [-0.4, -0.2) is 43.9 Å². The zero-order valence-corrected chi connectivity index (χ0v) is 17.4. The van der Waals surface area contributed by atoms with Gasteiger partial charge in [-0.3, -0.25) is 4.79 Å². The summed E-state index contributed by atoms with van der Waals surface area (Å²) in [6.07, 6.45) is 0. The van der Waals surface area contributed by atoms with Crippen molar-refractivity contribution in [2.24, 2.45) is 5.16 Å². The average Bonchev–Trinajstić information content (AvgIpc) is 3.25. The number of ketones is 1. The number of carbonyl (C=O) groups is 2. The van der Waals surface area contributed by atoms with Gasteiger partial charge in [0, 0.05) is 5.38 Å². The van der Waals surface area contributed by atoms with Gasteiger partial charge in [-0.1, -0.05) is 29.1 Å². The summed E-state index contributed by atoms with van der Waals surface area (Å²) in [6, 6.07) is 7.70. The lowest BCUT2D eigenvalue weighted by Crippen LogP contribution is -2.34. The summed E-state index contributed by atoms with van der Waals surface area (Å²) in [7, 11) is 0. The summed E-state index contributed by atoms with van der Waals surface area (Å²) in [5, 5.41) is 14.8. The molecule has 3 N–H and O–H groups in total. The number of Topliss-reactive ketones (excluding diaryl/α,β-unsaturated/α-hetero) is 1. The SMILES string of the molecule is CC(C)(ON=C(C(=O)CSc1nc2ccccc2s1)c1csc(N)n1)C(=O)O. The van der Waals surface area contributed by atoms with Crippen molar-refractivity contribution >= 4 is 67.2 Å². The number of rotatable bonds is 8. The number of fused-ring (bicyclic) bond motifs is 1. The van der Waals surface area contributed by atoms with Crippen LogP contribution < -0.4 is 5.73 Å². The monoisotopic (exact) mass is 436 g/mol. The van der Waals surface area contributed by atoms with Crippen molar-refractivity contribution in [3.63, 3.8) is 0 Å². The van der Waals surface area contributed by atoms with E-state index in [2.05, 4.69) is 15.1 Å². The van der Waals surface area contributed by atoms with Crippen molar-refractivity contribution in [2.75, 3.05) is 11.5 Å². The summed E-state index contributed by atoms with van der Waals surface area (Å²) < 4.78 is 1.78. The Balaban J connectivity index is 1.78. The number of hydrogen-bond donors (Lipinski definition) is 2. The topological polar surface area (TPSA) is 128 Å². The third-order valence-corrected chi connectivity index (χ3v) is 6.36. The molecule has 0 bridgehead atoms. The van der Waals surface area contributed by atoms with E-state index in [-0.39, 0.29) is 28.1 Å². The van der Waals surface area contributed by atoms with Gasteiger partial charge in [0.2, 0.25) is 5.60 Å². The van der Waals surface area contributed by atoms with Gasteiger partial charge in [-0.15, -0.1) is 22.7 Å². The molecule has 1 aromatic carbocycles. The molecule has 0 saturated heterocycles. The first-order valence-corrected chi connectivity index (χ1v) is 10.7. The highest BCUT2D eigenvalue weighted by Crippen LogP contribution is 2.29. The Labute approximate surface area is 172 Å². The Morgan fingerprint density at radius 2 is 2.07 bits per heavy atom. The van der Waals surface area contributed by atoms with Crippen LogP contribution in [0.5, 0.6) is 0 Å². The molecule has 0 radical (unpaired) electrons. The molecular formula is C17H16N4O4S3. The van der Waals surface area contributed by atoms with E-state index in [4.69, 9.17) is 15.7 Å². The van der Waals surface area contributed by atoms with Gasteiger partial charge in [0.15, 0.2) is 21.0 Å². The van der Waals surface area contributed by atoms with E-state index >= 15 is 0 Å². The minimum atomic E-state index is -1.59. The van der Waals surface area contributed by atoms with Crippen molar-refractivity contribution in [2.45, 2.75) is 23.8 Å². The van der Waals surface area contributed by atoms with Gasteiger partial charge in [-0.05, 0) is 26.0 Å². The van der Waals surface area contributed by atoms with Crippen molar-refractivity contribution in [3.8, 4) is 0 Å². The molecular weight excluding hydrogens is 420 g/mol. The van der Waals surface area contributed by atoms with Crippen LogP contribution in [-0.2, 0) is 14.4 Å². The van der Waals surface area contributed by atoms with E-state index < -0.39 is 11.6 Å². The molecule has 0 atom stereocenters. The average molecular weight is 437 g/mol. The molecule has 0 aliphatic rings. The Morgan fingerprint density at radius 1 is 1.32 bits per heavy atom. The van der Waals surface area contributed by atoms with Crippen LogP contribution in [0.15, 0.2) is 39.1 Å². The molecule has 0 unspecified atom stereocenters. The van der Waals surface area contributed by atoms with Crippen LogP contribution in [0.25, 0.3) is 10.2 Å². The lowest BCUT2D eigenvalue weighted by atomic mass is 10.1. The summed E-state index contributed by atoms with van der Waals surface area (Å²) >= 11 is 3.91. The highest BCUT2D eigenvalue weighted by atomic mass is 32.2. The molecule has 0 aliphatic heterocycles. The van der Waals surface area contributed by atoms with Gasteiger partial charge in [0.1, 0.15) is 5.69 Å². The van der Waals surface area contributed by atoms with E-state index in [1.165, 1.54) is 36.9 Å². The molecule has 2 aromatic heterocycles. The van der Waals surface area contributed by atoms with Crippen molar-refractivity contribution in [1.29, 1.82) is 0 Å². The zero-order valence-electron chi connectivity index (χ0n) is 14.9. The number of nitrogen functional groups attached to an aromatic ring is 1. The second-order valence-electron chi connectivity index (χ2n) is 6.08. The Kier molecular flexibility index (Phi) is 5.96. The first kappa shape index (κ1) is 20.2. The number of para-hydroxylation sites is 1. The molecule has 2 heterocycles. The maximum atomic E-state index is 12.7. The highest BCUT2D eigenvalue weighted by Gasteiger charge is 2.31. The molecule has 0 fully saturated rings. The van der Waals surface area contributed by atoms with Crippen LogP contribution in [0.1, 0.15) is 19.5 Å². The van der Waals surface area contributed by atoms with Crippen LogP contribution in [0.2, 0.25) is 0 Å². The van der Waals surface area contributed by atoms with Gasteiger partial charge >= 0.3 is 5.97 Å². The third kappa shape index (κ3) is 4.66. The van der Waals surface area contributed by atoms with E-state index in [1.54, 1.807) is 5.38 Å². The first-order valence-electron chi connectivity index (χ1n) is 7.99. The van der Waals surface area contributed by atoms with E-state index in [0.29, 0.717) is 0 Å². The Bertz CT molecular complexity index is 1020. The molecule has 0 amide bonds. The van der Waals surface area contributed by atoms with Crippen LogP contribution in [0.4, 0.5) is 5.13 Å². The van der Waals surface area contributed by atoms with Crippen molar-refractivity contribution in [3.05, 3.63) is 35.3 Å². The second-order valence-corrected chi connectivity index (χ2v) is 9.22. The van der Waals surface area contributed by atoms with Crippen molar-refractivity contribution in [1.82, 2.24) is 9.97 Å². The molecule has 3 rings (SSSR count). The minimum absolute atomic E-state index is 0.0486. The number of aromatic nitrogens is 2. The van der Waals surface area contributed by atoms with E-state index in [1.807, 2.05) is 24.3 Å². The standard InChI is InChI=1S/C17H16N4O4S3/c1-17(2,14(23)24)25-21-13(10-7-26-15(18)19-10)11(22)8-27-16-20-9-5-3-4-6-12(9)28-16/h3-7H,8H2,1-2H3,(H2,18,19)(H,23,24). The fourth-order valence-electron chi connectivity index (χ4n) is 1.94. The number of thioether (sulfide) groups is 1. The number of thiazole rings is 2. The van der Waals surface area contributed by atoms with E-state index in [9.17, 15) is 9.59 Å².